The lowest BCUT2D eigenvalue weighted by Gasteiger charge is -2.64. The molecule has 0 saturated carbocycles. The lowest BCUT2D eigenvalue weighted by molar-refractivity contribution is -0.137. The number of hydrogen-bond donors (Lipinski definition) is 0. The summed E-state index contributed by atoms with van der Waals surface area (Å²) in [6, 6.07) is 3.32. The van der Waals surface area contributed by atoms with Crippen molar-refractivity contribution in [2.24, 2.45) is 41.4 Å². The maximum Gasteiger partial charge on any atom is 0.479 e. The van der Waals surface area contributed by atoms with E-state index in [2.05, 4.69) is 104 Å². The van der Waals surface area contributed by atoms with Gasteiger partial charge in [0.15, 0.2) is 0 Å². The van der Waals surface area contributed by atoms with Crippen LogP contribution in [0.1, 0.15) is 103 Å². The Kier molecular flexibility index (Phi) is 15.0. The Morgan fingerprint density at radius 2 is 0.607 bits per heavy atom. The van der Waals surface area contributed by atoms with E-state index < -0.39 is 76.4 Å². The second-order valence-electron chi connectivity index (χ2n) is 19.3. The first-order chi connectivity index (χ1) is 25.9. The molecule has 0 radical (unpaired) electrons. The van der Waals surface area contributed by atoms with Crippen LogP contribution in [0.5, 0.6) is 0 Å². The molecule has 0 unspecified atom stereocenters. The van der Waals surface area contributed by atoms with Crippen molar-refractivity contribution in [2.45, 2.75) is 152 Å². The molecular formula is C34H72O14Si8. The van der Waals surface area contributed by atoms with Gasteiger partial charge in [0, 0.05) is 54.4 Å². The summed E-state index contributed by atoms with van der Waals surface area (Å²) in [7, 11) is -31.9. The molecule has 0 spiro atoms. The van der Waals surface area contributed by atoms with Gasteiger partial charge >= 0.3 is 76.4 Å². The fraction of sp³-hybridized carbons (Fsp3) is 0.912. The van der Waals surface area contributed by atoms with Gasteiger partial charge in [-0.05, 0) is 47.8 Å². The van der Waals surface area contributed by atoms with E-state index >= 15 is 0 Å². The molecule has 0 amide bonds. The van der Waals surface area contributed by atoms with Crippen LogP contribution in [0, 0.1) is 41.4 Å². The number of carbonyl (C=O) groups excluding carboxylic acids is 1. The van der Waals surface area contributed by atoms with Crippen LogP contribution < -0.4 is 0 Å². The van der Waals surface area contributed by atoms with E-state index in [0.29, 0.717) is 48.7 Å². The quantitative estimate of drug-likeness (QED) is 0.0530. The summed E-state index contributed by atoms with van der Waals surface area (Å²) in [4.78, 5) is 12.2. The molecule has 0 aromatic heterocycles. The summed E-state index contributed by atoms with van der Waals surface area (Å²) in [5.74, 6) is 0.0856. The van der Waals surface area contributed by atoms with E-state index in [1.807, 2.05) is 0 Å². The summed E-state index contributed by atoms with van der Waals surface area (Å²) in [6.07, 6.45) is 1.52. The summed E-state index contributed by atoms with van der Waals surface area (Å²) >= 11 is 0. The summed E-state index contributed by atoms with van der Waals surface area (Å²) in [5, 5.41) is 0. The van der Waals surface area contributed by atoms with E-state index in [1.54, 1.807) is 0 Å². The van der Waals surface area contributed by atoms with Crippen LogP contribution in [0.2, 0.25) is 48.4 Å². The second kappa shape index (κ2) is 17.7. The average molecular weight is 930 g/mol. The van der Waals surface area contributed by atoms with Crippen molar-refractivity contribution in [2.75, 3.05) is 6.61 Å². The van der Waals surface area contributed by atoms with Gasteiger partial charge in [0.05, 0.1) is 6.61 Å². The fourth-order valence-corrected chi connectivity index (χ4v) is 59.9. The molecule has 0 aromatic rings. The van der Waals surface area contributed by atoms with Crippen molar-refractivity contribution in [3.63, 3.8) is 0 Å². The van der Waals surface area contributed by atoms with Crippen LogP contribution in [0.15, 0.2) is 12.7 Å². The molecule has 14 nitrogen and oxygen atoms in total. The minimum Gasteiger partial charge on any atom is -0.463 e. The Morgan fingerprint density at radius 1 is 0.411 bits per heavy atom. The topological polar surface area (TPSA) is 137 Å². The Labute approximate surface area is 346 Å². The molecule has 6 aliphatic rings. The van der Waals surface area contributed by atoms with Crippen LogP contribution in [-0.4, -0.2) is 83.0 Å². The van der Waals surface area contributed by atoms with Crippen molar-refractivity contribution in [1.29, 1.82) is 0 Å². The number of carbonyl (C=O) groups is 1. The first kappa shape index (κ1) is 47.5. The minimum atomic E-state index is -4.09. The van der Waals surface area contributed by atoms with Gasteiger partial charge in [-0.2, -0.15) is 0 Å². The van der Waals surface area contributed by atoms with E-state index in [1.165, 1.54) is 0 Å². The molecule has 8 bridgehead atoms. The predicted octanol–water partition coefficient (Wildman–Crippen LogP) is 8.48. The van der Waals surface area contributed by atoms with E-state index in [9.17, 15) is 4.79 Å². The van der Waals surface area contributed by atoms with Crippen molar-refractivity contribution < 1.29 is 58.9 Å². The van der Waals surface area contributed by atoms with Gasteiger partial charge < -0.3 is 54.1 Å². The SMILES string of the molecule is C=CC(=O)OCCC[Si]12O[Si]3(CC(C)C)O[Si]4(CC(C)C)O[Si](CC(C)C)(O1)O[Si]1(CC(C)C)O[Si](CC(C)C)(O2)O[Si](CC(C)C)(O3)O[Si](CC(C)C)(O4)O1. The molecule has 22 heteroatoms. The maximum atomic E-state index is 12.2. The zero-order valence-corrected chi connectivity index (χ0v) is 44.6. The first-order valence-electron chi connectivity index (χ1n) is 21.1. The van der Waals surface area contributed by atoms with Crippen LogP contribution in [0.4, 0.5) is 0 Å². The van der Waals surface area contributed by atoms with Crippen LogP contribution in [0.25, 0.3) is 0 Å². The van der Waals surface area contributed by atoms with Crippen LogP contribution >= 0.6 is 0 Å². The van der Waals surface area contributed by atoms with Crippen molar-refractivity contribution in [3.8, 4) is 0 Å². The molecule has 0 N–H and O–H groups in total. The van der Waals surface area contributed by atoms with Crippen LogP contribution in [-0.2, 0) is 58.9 Å². The standard InChI is InChI=1S/C34H72O14Si8/c1-16-34(35)36-18-17-19-49-37-50(20-27(2)3)40-53(23-30(8)9)42-51(38-49,21-28(4)5)44-55(25-32(12)13)45-52(39-49,22-29(6)7)43-54(41-50,24-31(10)11)47-56(46-53,48-55)26-33(14)15/h16,27-33H,1,17-26H2,2-15H3. The third-order valence-electron chi connectivity index (χ3n) is 9.38. The third kappa shape index (κ3) is 11.3. The highest BCUT2D eigenvalue weighted by atomic mass is 28.6. The van der Waals surface area contributed by atoms with Gasteiger partial charge in [-0.1, -0.05) is 104 Å². The van der Waals surface area contributed by atoms with Gasteiger partial charge in [-0.25, -0.2) is 4.79 Å². The summed E-state index contributed by atoms with van der Waals surface area (Å²) in [6.45, 7) is 33.6. The molecule has 6 fully saturated rings. The zero-order valence-electron chi connectivity index (χ0n) is 36.6. The average Bonchev–Trinajstić information content (AvgIpc) is 2.92. The Hall–Kier alpha value is 0.465. The zero-order chi connectivity index (χ0) is 41.6. The molecule has 6 rings (SSSR count). The molecule has 6 heterocycles. The van der Waals surface area contributed by atoms with Crippen LogP contribution in [0.3, 0.4) is 0 Å². The lowest BCUT2D eigenvalue weighted by atomic mass is 10.3. The third-order valence-corrected chi connectivity index (χ3v) is 49.4. The minimum absolute atomic E-state index is 0.0698. The first-order valence-corrected chi connectivity index (χ1v) is 36.5. The molecule has 324 valence electrons. The number of esters is 1. The molecule has 0 aromatic carbocycles. The largest absolute Gasteiger partial charge is 0.479 e. The summed E-state index contributed by atoms with van der Waals surface area (Å²) < 4.78 is 98.2. The highest BCUT2D eigenvalue weighted by Crippen LogP contribution is 2.55. The van der Waals surface area contributed by atoms with Crippen molar-refractivity contribution in [3.05, 3.63) is 12.7 Å². The van der Waals surface area contributed by atoms with Gasteiger partial charge in [-0.15, -0.1) is 0 Å². The van der Waals surface area contributed by atoms with E-state index in [4.69, 9.17) is 54.1 Å². The molecule has 0 atom stereocenters. The molecule has 56 heavy (non-hydrogen) atoms. The van der Waals surface area contributed by atoms with Crippen molar-refractivity contribution >= 4 is 76.4 Å². The second-order valence-corrected chi connectivity index (χ2v) is 43.4. The molecular weight excluding hydrogens is 857 g/mol. The van der Waals surface area contributed by atoms with Gasteiger partial charge in [0.1, 0.15) is 0 Å². The lowest BCUT2D eigenvalue weighted by Crippen LogP contribution is -2.88. The fourth-order valence-electron chi connectivity index (χ4n) is 8.39. The van der Waals surface area contributed by atoms with Gasteiger partial charge in [0.2, 0.25) is 0 Å². The maximum absolute atomic E-state index is 12.2. The number of rotatable bonds is 19. The van der Waals surface area contributed by atoms with Gasteiger partial charge in [-0.3, -0.25) is 0 Å². The highest BCUT2D eigenvalue weighted by molar-refractivity contribution is 7.03. The van der Waals surface area contributed by atoms with Crippen molar-refractivity contribution in [1.82, 2.24) is 0 Å². The predicted molar refractivity (Wildman–Crippen MR) is 227 cm³/mol. The number of ether oxygens (including phenoxy) is 1. The Bertz CT molecular complexity index is 1240. The molecule has 6 aliphatic heterocycles. The smallest absolute Gasteiger partial charge is 0.463 e. The normalized spacial score (nSPS) is 39.5. The molecule has 6 saturated heterocycles. The molecule has 0 aliphatic carbocycles. The summed E-state index contributed by atoms with van der Waals surface area (Å²) in [5.41, 5.74) is 0. The Morgan fingerprint density at radius 3 is 0.786 bits per heavy atom. The van der Waals surface area contributed by atoms with E-state index in [0.717, 1.165) is 6.08 Å². The monoisotopic (exact) mass is 928 g/mol. The Balaban J connectivity index is 1.92. The highest BCUT2D eigenvalue weighted by Gasteiger charge is 2.83. The number of hydrogen-bond acceptors (Lipinski definition) is 14. The van der Waals surface area contributed by atoms with Gasteiger partial charge in [0.25, 0.3) is 0 Å². The van der Waals surface area contributed by atoms with E-state index in [-0.39, 0.29) is 54.1 Å².